The fraction of sp³-hybridized carbons (Fsp3) is 0.412. The number of likely N-dealkylation sites (N-methyl/N-ethyl adjacent to an activating group) is 1. The van der Waals surface area contributed by atoms with E-state index in [0.717, 1.165) is 41.3 Å². The number of aldehydes is 1. The predicted molar refractivity (Wildman–Crippen MR) is 187 cm³/mol. The Morgan fingerprint density at radius 2 is 2.00 bits per heavy atom. The number of aromatic nitrogens is 1. The van der Waals surface area contributed by atoms with Crippen molar-refractivity contribution in [1.82, 2.24) is 14.8 Å². The zero-order chi connectivity index (χ0) is 35.6. The van der Waals surface area contributed by atoms with Crippen molar-refractivity contribution >= 4 is 60.1 Å². The number of fused-ring (bicyclic) bond motifs is 1. The van der Waals surface area contributed by atoms with Gasteiger partial charge in [-0.2, -0.15) is 0 Å². The number of hydrogen-bond acceptors (Lipinski definition) is 9. The molecular formula is C34H44ClFN3O8P. The van der Waals surface area contributed by atoms with E-state index in [1.54, 1.807) is 42.7 Å². The fourth-order valence-electron chi connectivity index (χ4n) is 5.09. The lowest BCUT2D eigenvalue weighted by molar-refractivity contribution is -0.125. The van der Waals surface area contributed by atoms with Crippen LogP contribution in [-0.2, 0) is 36.7 Å². The lowest BCUT2D eigenvalue weighted by Gasteiger charge is -2.18. The average molecular weight is 708 g/mol. The molecule has 1 aliphatic rings. The highest BCUT2D eigenvalue weighted by atomic mass is 35.5. The molecule has 0 radical (unpaired) electrons. The maximum atomic E-state index is 13.7. The molecule has 4 rings (SSSR count). The van der Waals surface area contributed by atoms with Crippen LogP contribution in [0.15, 0.2) is 49.2 Å². The molecule has 2 N–H and O–H groups in total. The molecule has 262 valence electrons. The molecule has 1 aliphatic heterocycles. The summed E-state index contributed by atoms with van der Waals surface area (Å²) in [5, 5.41) is 3.81. The lowest BCUT2D eigenvalue weighted by atomic mass is 10.1. The molecule has 3 atom stereocenters. The first kappa shape index (κ1) is 38.8. The summed E-state index contributed by atoms with van der Waals surface area (Å²) >= 11 is 5.70. The van der Waals surface area contributed by atoms with Crippen LogP contribution in [0.4, 0.5) is 9.18 Å². The van der Waals surface area contributed by atoms with Gasteiger partial charge in [0.1, 0.15) is 17.9 Å². The molecule has 1 aromatic heterocycles. The normalized spacial score (nSPS) is 17.3. The van der Waals surface area contributed by atoms with Crippen LogP contribution < -0.4 is 10.1 Å². The van der Waals surface area contributed by atoms with Crippen LogP contribution in [0.25, 0.3) is 16.5 Å². The van der Waals surface area contributed by atoms with Crippen LogP contribution in [0, 0.1) is 11.7 Å². The molecule has 0 saturated carbocycles. The molecule has 14 heteroatoms. The third-order valence-electron chi connectivity index (χ3n) is 7.36. The SMILES string of the molecule is C=C(C)c1cn(CC=O)c2cc(OCP(=C)(O)OCOC(=O)OC(C)C)ccc12.C[C@@H]1C[C@@H](C(=O)NCc2cccc(Cl)c2F)N(C)C1. The summed E-state index contributed by atoms with van der Waals surface area (Å²) in [5.41, 5.74) is 3.05. The third kappa shape index (κ3) is 11.2. The molecule has 1 saturated heterocycles. The van der Waals surface area contributed by atoms with Crippen molar-refractivity contribution in [3.05, 3.63) is 71.1 Å². The summed E-state index contributed by atoms with van der Waals surface area (Å²) in [5.74, 6) is 0.481. The minimum atomic E-state index is -3.18. The Kier molecular flexibility index (Phi) is 14.3. The van der Waals surface area contributed by atoms with Crippen molar-refractivity contribution in [1.29, 1.82) is 0 Å². The molecule has 11 nitrogen and oxygen atoms in total. The summed E-state index contributed by atoms with van der Waals surface area (Å²) in [7, 11) is -1.24. The van der Waals surface area contributed by atoms with E-state index in [4.69, 9.17) is 30.3 Å². The molecule has 1 amide bonds. The second-order valence-corrected chi connectivity index (χ2v) is 14.6. The van der Waals surface area contributed by atoms with Gasteiger partial charge in [0.15, 0.2) is 13.7 Å². The summed E-state index contributed by atoms with van der Waals surface area (Å²) < 4.78 is 35.7. The topological polar surface area (TPSA) is 129 Å². The first-order chi connectivity index (χ1) is 22.6. The number of ether oxygens (including phenoxy) is 3. The van der Waals surface area contributed by atoms with Crippen LogP contribution in [0.3, 0.4) is 0 Å². The first-order valence-electron chi connectivity index (χ1n) is 15.3. The number of rotatable bonds is 13. The maximum Gasteiger partial charge on any atom is 0.510 e. The van der Waals surface area contributed by atoms with Gasteiger partial charge in [-0.1, -0.05) is 37.2 Å². The number of carbonyl (C=O) groups is 3. The van der Waals surface area contributed by atoms with Crippen LogP contribution in [0.2, 0.25) is 5.02 Å². The summed E-state index contributed by atoms with van der Waals surface area (Å²) in [6.07, 6.45) is 5.71. The number of halogens is 2. The van der Waals surface area contributed by atoms with Gasteiger partial charge in [-0.3, -0.25) is 14.2 Å². The fourth-order valence-corrected chi connectivity index (χ4v) is 5.96. The Morgan fingerprint density at radius 1 is 1.27 bits per heavy atom. The number of likely N-dealkylation sites (tertiary alicyclic amines) is 1. The largest absolute Gasteiger partial charge is 0.510 e. The van der Waals surface area contributed by atoms with E-state index in [9.17, 15) is 23.7 Å². The van der Waals surface area contributed by atoms with Gasteiger partial charge >= 0.3 is 6.16 Å². The predicted octanol–water partition coefficient (Wildman–Crippen LogP) is 6.45. The Balaban J connectivity index is 0.000000284. The first-order valence-corrected chi connectivity index (χ1v) is 17.7. The number of nitrogens with zero attached hydrogens (tertiary/aromatic N) is 2. The summed E-state index contributed by atoms with van der Waals surface area (Å²) in [4.78, 5) is 46.6. The Bertz CT molecular complexity index is 1660. The second-order valence-electron chi connectivity index (χ2n) is 12.0. The monoisotopic (exact) mass is 707 g/mol. The Hall–Kier alpha value is -3.67. The van der Waals surface area contributed by atoms with Crippen molar-refractivity contribution in [2.75, 3.05) is 26.7 Å². The minimum Gasteiger partial charge on any atom is -0.484 e. The van der Waals surface area contributed by atoms with Gasteiger partial charge in [0.05, 0.1) is 29.2 Å². The van der Waals surface area contributed by atoms with E-state index in [1.165, 1.54) is 6.07 Å². The van der Waals surface area contributed by atoms with Crippen molar-refractivity contribution in [2.24, 2.45) is 5.92 Å². The molecular weight excluding hydrogens is 664 g/mol. The molecule has 3 aromatic rings. The van der Waals surface area contributed by atoms with Crippen molar-refractivity contribution in [3.8, 4) is 5.75 Å². The molecule has 2 heterocycles. The van der Waals surface area contributed by atoms with E-state index in [2.05, 4.69) is 25.1 Å². The van der Waals surface area contributed by atoms with Crippen LogP contribution in [0.1, 0.15) is 45.2 Å². The highest BCUT2D eigenvalue weighted by Gasteiger charge is 2.32. The molecule has 1 unspecified atom stereocenters. The zero-order valence-electron chi connectivity index (χ0n) is 27.9. The maximum absolute atomic E-state index is 13.7. The van der Waals surface area contributed by atoms with Crippen LogP contribution >= 0.6 is 18.9 Å². The van der Waals surface area contributed by atoms with E-state index in [-0.39, 0.29) is 42.5 Å². The lowest BCUT2D eigenvalue weighted by Crippen LogP contribution is -2.41. The summed E-state index contributed by atoms with van der Waals surface area (Å²) in [6.45, 7) is 12.2. The summed E-state index contributed by atoms with van der Waals surface area (Å²) in [6, 6.07) is 10.1. The number of hydrogen-bond donors (Lipinski definition) is 2. The Morgan fingerprint density at radius 3 is 2.62 bits per heavy atom. The number of allylic oxidation sites excluding steroid dienone is 1. The smallest absolute Gasteiger partial charge is 0.484 e. The van der Waals surface area contributed by atoms with E-state index >= 15 is 0 Å². The van der Waals surface area contributed by atoms with Crippen molar-refractivity contribution < 1.29 is 42.4 Å². The van der Waals surface area contributed by atoms with Gasteiger partial charge < -0.3 is 33.8 Å². The molecule has 48 heavy (non-hydrogen) atoms. The van der Waals surface area contributed by atoms with E-state index in [0.29, 0.717) is 17.2 Å². The van der Waals surface area contributed by atoms with Crippen LogP contribution in [-0.4, -0.2) is 77.9 Å². The number of nitrogens with one attached hydrogen (secondary N) is 1. The zero-order valence-corrected chi connectivity index (χ0v) is 29.6. The average Bonchev–Trinajstić information content (AvgIpc) is 3.55. The van der Waals surface area contributed by atoms with Gasteiger partial charge in [0, 0.05) is 41.9 Å². The molecule has 0 aliphatic carbocycles. The van der Waals surface area contributed by atoms with Crippen LogP contribution in [0.5, 0.6) is 5.75 Å². The van der Waals surface area contributed by atoms with E-state index < -0.39 is 26.1 Å². The third-order valence-corrected chi connectivity index (χ3v) is 8.77. The van der Waals surface area contributed by atoms with Gasteiger partial charge in [-0.15, -0.1) is 0 Å². The molecule has 2 aromatic carbocycles. The number of carbonyl (C=O) groups excluding carboxylic acids is 3. The van der Waals surface area contributed by atoms with Gasteiger partial charge in [0.25, 0.3) is 0 Å². The number of benzene rings is 2. The van der Waals surface area contributed by atoms with E-state index in [1.807, 2.05) is 31.1 Å². The second kappa shape index (κ2) is 17.6. The molecule has 0 spiro atoms. The number of amides is 1. The highest BCUT2D eigenvalue weighted by molar-refractivity contribution is 7.63. The van der Waals surface area contributed by atoms with Gasteiger partial charge in [-0.05, 0) is 70.2 Å². The standard InChI is InChI=1S/C20H26NO7P.C14H18ClFN2O/c1-14(2)18-11-21(8-9-22)19-10-16(6-7-17(18)19)26-13-29(5,24)27-12-25-20(23)28-15(3)4;1-9-6-12(18(2)8-9)14(19)17-7-10-4-3-5-11(15)13(10)16/h6-7,9-11,15,24H,1,5,8,12-13H2,2-4H3;3-5,9,12H,6-8H2,1-2H3,(H,17,19)/t;9-,12+/m.1/s1. The van der Waals surface area contributed by atoms with Gasteiger partial charge in [0.2, 0.25) is 12.7 Å². The quantitative estimate of drug-likeness (QED) is 0.0891. The van der Waals surface area contributed by atoms with Crippen molar-refractivity contribution in [2.45, 2.75) is 59.4 Å². The molecule has 1 fully saturated rings. The van der Waals surface area contributed by atoms with Crippen molar-refractivity contribution in [3.63, 3.8) is 0 Å². The van der Waals surface area contributed by atoms with Gasteiger partial charge in [-0.25, -0.2) is 9.18 Å². The molecule has 0 bridgehead atoms. The highest BCUT2D eigenvalue weighted by Crippen LogP contribution is 2.41. The minimum absolute atomic E-state index is 0.0498. The Labute approximate surface area is 285 Å².